The molecule has 0 radical (unpaired) electrons. The van der Waals surface area contributed by atoms with Crippen LogP contribution in [-0.2, 0) is 16.0 Å². The van der Waals surface area contributed by atoms with Crippen molar-refractivity contribution in [3.8, 4) is 0 Å². The number of thioether (sulfide) groups is 1. The zero-order valence-electron chi connectivity index (χ0n) is 11.2. The van der Waals surface area contributed by atoms with Crippen LogP contribution in [0.5, 0.6) is 0 Å². The van der Waals surface area contributed by atoms with Crippen molar-refractivity contribution >= 4 is 35.0 Å². The van der Waals surface area contributed by atoms with Gasteiger partial charge in [-0.3, -0.25) is 9.59 Å². The maximum absolute atomic E-state index is 12.5. The van der Waals surface area contributed by atoms with Crippen LogP contribution < -0.4 is 10.6 Å². The molecule has 20 heavy (non-hydrogen) atoms. The highest BCUT2D eigenvalue weighted by Gasteiger charge is 2.28. The summed E-state index contributed by atoms with van der Waals surface area (Å²) in [4.78, 5) is 27.5. The van der Waals surface area contributed by atoms with Crippen LogP contribution >= 0.6 is 11.8 Å². The minimum absolute atomic E-state index is 0.0209. The van der Waals surface area contributed by atoms with Crippen LogP contribution in [0.15, 0.2) is 18.2 Å². The Kier molecular flexibility index (Phi) is 3.56. The van der Waals surface area contributed by atoms with Crippen LogP contribution in [0, 0.1) is 0 Å². The van der Waals surface area contributed by atoms with Crippen LogP contribution in [0.4, 0.5) is 11.4 Å². The number of fused-ring (bicyclic) bond motifs is 1. The molecule has 2 heterocycles. The van der Waals surface area contributed by atoms with Crippen molar-refractivity contribution in [2.45, 2.75) is 12.8 Å². The van der Waals surface area contributed by atoms with E-state index in [1.54, 1.807) is 21.6 Å². The Balaban J connectivity index is 1.80. The molecular formula is C14H17N3O2S. The van der Waals surface area contributed by atoms with Gasteiger partial charge in [0.15, 0.2) is 0 Å². The zero-order chi connectivity index (χ0) is 14.1. The molecule has 3 rings (SSSR count). The Morgan fingerprint density at radius 2 is 2.25 bits per heavy atom. The normalized spacial score (nSPS) is 18.3. The van der Waals surface area contributed by atoms with Crippen LogP contribution in [0.1, 0.15) is 12.0 Å². The van der Waals surface area contributed by atoms with E-state index in [9.17, 15) is 9.59 Å². The monoisotopic (exact) mass is 291 g/mol. The number of nitrogens with two attached hydrogens (primary N) is 1. The highest BCUT2D eigenvalue weighted by atomic mass is 32.2. The topological polar surface area (TPSA) is 66.6 Å². The summed E-state index contributed by atoms with van der Waals surface area (Å²) < 4.78 is 0. The Hall–Kier alpha value is -1.69. The van der Waals surface area contributed by atoms with Gasteiger partial charge in [0.05, 0.1) is 11.6 Å². The zero-order valence-corrected chi connectivity index (χ0v) is 12.0. The van der Waals surface area contributed by atoms with E-state index in [1.807, 2.05) is 18.2 Å². The van der Waals surface area contributed by atoms with Crippen LogP contribution in [-0.4, -0.2) is 41.4 Å². The molecule has 0 spiro atoms. The first-order chi connectivity index (χ1) is 9.66. The predicted octanol–water partition coefficient (Wildman–Crippen LogP) is 1.08. The van der Waals surface area contributed by atoms with Crippen molar-refractivity contribution in [1.29, 1.82) is 0 Å². The van der Waals surface area contributed by atoms with Gasteiger partial charge in [0, 0.05) is 17.9 Å². The van der Waals surface area contributed by atoms with Gasteiger partial charge in [-0.1, -0.05) is 6.07 Å². The van der Waals surface area contributed by atoms with E-state index < -0.39 is 0 Å². The molecule has 0 aliphatic carbocycles. The number of nitrogen functional groups attached to an aromatic ring is 1. The molecule has 106 valence electrons. The number of hydrogen-bond donors (Lipinski definition) is 1. The highest BCUT2D eigenvalue weighted by Crippen LogP contribution is 2.31. The van der Waals surface area contributed by atoms with Gasteiger partial charge in [0.1, 0.15) is 6.54 Å². The largest absolute Gasteiger partial charge is 0.398 e. The summed E-state index contributed by atoms with van der Waals surface area (Å²) in [6.45, 7) is 0.866. The number of anilines is 2. The maximum Gasteiger partial charge on any atom is 0.246 e. The third-order valence-corrected chi connectivity index (χ3v) is 4.68. The molecule has 0 atom stereocenters. The standard InChI is InChI=1S/C14H17N3O2S/c15-11-4-1-5-12-10(11)3-2-6-17(12)13(18)7-16-9-20-8-14(16)19/h1,4-5H,2-3,6-9,15H2. The fourth-order valence-electron chi connectivity index (χ4n) is 2.70. The van der Waals surface area contributed by atoms with Gasteiger partial charge in [-0.2, -0.15) is 0 Å². The summed E-state index contributed by atoms with van der Waals surface area (Å²) in [5, 5.41) is 0. The SMILES string of the molecule is Nc1cccc2c1CCCN2C(=O)CN1CSCC1=O. The number of rotatable bonds is 2. The molecule has 2 amide bonds. The molecule has 6 heteroatoms. The Labute approximate surface area is 122 Å². The molecule has 2 aliphatic heterocycles. The Morgan fingerprint density at radius 1 is 1.40 bits per heavy atom. The summed E-state index contributed by atoms with van der Waals surface area (Å²) in [6.07, 6.45) is 1.82. The minimum atomic E-state index is -0.0209. The summed E-state index contributed by atoms with van der Waals surface area (Å²) in [5.74, 6) is 1.12. The summed E-state index contributed by atoms with van der Waals surface area (Å²) in [7, 11) is 0. The van der Waals surface area contributed by atoms with Crippen molar-refractivity contribution in [2.24, 2.45) is 0 Å². The van der Waals surface area contributed by atoms with Gasteiger partial charge >= 0.3 is 0 Å². The number of amides is 2. The molecule has 0 aromatic heterocycles. The van der Waals surface area contributed by atoms with Gasteiger partial charge in [-0.05, 0) is 30.5 Å². The number of hydrogen-bond acceptors (Lipinski definition) is 4. The molecule has 2 N–H and O–H groups in total. The molecule has 0 unspecified atom stereocenters. The van der Waals surface area contributed by atoms with Crippen LogP contribution in [0.2, 0.25) is 0 Å². The van der Waals surface area contributed by atoms with E-state index in [0.29, 0.717) is 18.2 Å². The van der Waals surface area contributed by atoms with E-state index in [1.165, 1.54) is 0 Å². The molecule has 5 nitrogen and oxygen atoms in total. The first kappa shape index (κ1) is 13.3. The highest BCUT2D eigenvalue weighted by molar-refractivity contribution is 8.00. The van der Waals surface area contributed by atoms with Gasteiger partial charge in [-0.25, -0.2) is 0 Å². The van der Waals surface area contributed by atoms with E-state index >= 15 is 0 Å². The lowest BCUT2D eigenvalue weighted by atomic mass is 10.00. The molecule has 1 fully saturated rings. The van der Waals surface area contributed by atoms with Crippen molar-refractivity contribution in [3.63, 3.8) is 0 Å². The molecule has 2 aliphatic rings. The second-order valence-corrected chi connectivity index (χ2v) is 6.02. The smallest absolute Gasteiger partial charge is 0.246 e. The second-order valence-electron chi connectivity index (χ2n) is 5.06. The fourth-order valence-corrected chi connectivity index (χ4v) is 3.60. The molecular weight excluding hydrogens is 274 g/mol. The predicted molar refractivity (Wildman–Crippen MR) is 80.6 cm³/mol. The number of carbonyl (C=O) groups excluding carboxylic acids is 2. The average Bonchev–Trinajstić information content (AvgIpc) is 2.84. The van der Waals surface area contributed by atoms with Crippen molar-refractivity contribution in [1.82, 2.24) is 4.90 Å². The summed E-state index contributed by atoms with van der Waals surface area (Å²) in [5.41, 5.74) is 8.68. The lowest BCUT2D eigenvalue weighted by molar-refractivity contribution is -0.131. The van der Waals surface area contributed by atoms with E-state index in [4.69, 9.17) is 5.73 Å². The molecule has 1 saturated heterocycles. The van der Waals surface area contributed by atoms with Crippen LogP contribution in [0.25, 0.3) is 0 Å². The number of nitrogens with zero attached hydrogens (tertiary/aromatic N) is 2. The second kappa shape index (κ2) is 5.36. The Morgan fingerprint density at radius 3 is 3.00 bits per heavy atom. The average molecular weight is 291 g/mol. The van der Waals surface area contributed by atoms with Gasteiger partial charge in [0.25, 0.3) is 0 Å². The first-order valence-electron chi connectivity index (χ1n) is 6.70. The minimum Gasteiger partial charge on any atom is -0.398 e. The molecule has 1 aromatic carbocycles. The van der Waals surface area contributed by atoms with Gasteiger partial charge in [0.2, 0.25) is 11.8 Å². The van der Waals surface area contributed by atoms with Crippen molar-refractivity contribution < 1.29 is 9.59 Å². The number of carbonyl (C=O) groups is 2. The molecule has 1 aromatic rings. The molecule has 0 bridgehead atoms. The van der Waals surface area contributed by atoms with Crippen molar-refractivity contribution in [2.75, 3.05) is 35.4 Å². The van der Waals surface area contributed by atoms with Gasteiger partial charge in [-0.15, -0.1) is 11.8 Å². The Bertz CT molecular complexity index is 561. The van der Waals surface area contributed by atoms with E-state index in [2.05, 4.69) is 0 Å². The summed E-state index contributed by atoms with van der Waals surface area (Å²) >= 11 is 1.55. The maximum atomic E-state index is 12.5. The van der Waals surface area contributed by atoms with E-state index in [0.717, 1.165) is 29.8 Å². The van der Waals surface area contributed by atoms with Crippen LogP contribution in [0.3, 0.4) is 0 Å². The third-order valence-electron chi connectivity index (χ3n) is 3.74. The van der Waals surface area contributed by atoms with E-state index in [-0.39, 0.29) is 18.4 Å². The van der Waals surface area contributed by atoms with Gasteiger partial charge < -0.3 is 15.5 Å². The summed E-state index contributed by atoms with van der Waals surface area (Å²) in [6, 6.07) is 5.67. The lowest BCUT2D eigenvalue weighted by Gasteiger charge is -2.31. The fraction of sp³-hybridized carbons (Fsp3) is 0.429. The number of benzene rings is 1. The first-order valence-corrected chi connectivity index (χ1v) is 7.85. The molecule has 0 saturated carbocycles. The quantitative estimate of drug-likeness (QED) is 0.828. The van der Waals surface area contributed by atoms with Crippen molar-refractivity contribution in [3.05, 3.63) is 23.8 Å². The lowest BCUT2D eigenvalue weighted by Crippen LogP contribution is -2.43. The third kappa shape index (κ3) is 2.35.